The molecular weight excluding hydrogens is 327 g/mol. The molecule has 5 heteroatoms. The van der Waals surface area contributed by atoms with E-state index in [1.165, 1.54) is 50.9 Å². The van der Waals surface area contributed by atoms with Crippen LogP contribution in [0.2, 0.25) is 10.0 Å². The first-order valence-corrected chi connectivity index (χ1v) is 8.36. The van der Waals surface area contributed by atoms with E-state index < -0.39 is 0 Å². The van der Waals surface area contributed by atoms with Crippen molar-refractivity contribution in [3.8, 4) is 0 Å². The van der Waals surface area contributed by atoms with Gasteiger partial charge in [0.1, 0.15) is 0 Å². The van der Waals surface area contributed by atoms with Crippen LogP contribution in [-0.4, -0.2) is 30.6 Å². The molecular formula is C16H23Cl3N2. The van der Waals surface area contributed by atoms with Gasteiger partial charge in [-0.25, -0.2) is 0 Å². The zero-order valence-electron chi connectivity index (χ0n) is 12.2. The lowest BCUT2D eigenvalue weighted by Crippen LogP contribution is -2.42. The Hall–Kier alpha value is 0.01000. The van der Waals surface area contributed by atoms with Gasteiger partial charge >= 0.3 is 0 Å². The first-order valence-electron chi connectivity index (χ1n) is 7.60. The van der Waals surface area contributed by atoms with Gasteiger partial charge < -0.3 is 5.32 Å². The number of hydrogen-bond donors (Lipinski definition) is 1. The Morgan fingerprint density at radius 3 is 2.38 bits per heavy atom. The number of rotatable bonds is 5. The Labute approximate surface area is 143 Å². The van der Waals surface area contributed by atoms with Crippen LogP contribution < -0.4 is 5.32 Å². The molecule has 2 nitrogen and oxygen atoms in total. The van der Waals surface area contributed by atoms with E-state index in [1.807, 2.05) is 12.1 Å². The summed E-state index contributed by atoms with van der Waals surface area (Å²) < 4.78 is 0. The van der Waals surface area contributed by atoms with Crippen LogP contribution in [0.15, 0.2) is 18.2 Å². The molecule has 0 atom stereocenters. The van der Waals surface area contributed by atoms with Crippen LogP contribution in [0.25, 0.3) is 0 Å². The summed E-state index contributed by atoms with van der Waals surface area (Å²) in [5, 5.41) is 5.01. The quantitative estimate of drug-likeness (QED) is 0.848. The third kappa shape index (κ3) is 5.30. The normalized spacial score (nSPS) is 20.3. The summed E-state index contributed by atoms with van der Waals surface area (Å²) in [6.45, 7) is 4.55. The van der Waals surface area contributed by atoms with Crippen molar-refractivity contribution in [1.29, 1.82) is 0 Å². The highest BCUT2D eigenvalue weighted by molar-refractivity contribution is 6.42. The van der Waals surface area contributed by atoms with Crippen LogP contribution in [0.4, 0.5) is 0 Å². The maximum atomic E-state index is 6.07. The van der Waals surface area contributed by atoms with E-state index in [9.17, 15) is 0 Å². The molecule has 1 N–H and O–H groups in total. The summed E-state index contributed by atoms with van der Waals surface area (Å²) in [5.74, 6) is 0.976. The van der Waals surface area contributed by atoms with Crippen molar-refractivity contribution >= 4 is 35.6 Å². The molecule has 1 saturated carbocycles. The largest absolute Gasteiger partial charge is 0.314 e. The van der Waals surface area contributed by atoms with Gasteiger partial charge in [-0.05, 0) is 68.9 Å². The van der Waals surface area contributed by atoms with Gasteiger partial charge in [0.05, 0.1) is 10.0 Å². The Balaban J connectivity index is 0.00000161. The lowest BCUT2D eigenvalue weighted by Gasteiger charge is -2.32. The molecule has 2 fully saturated rings. The van der Waals surface area contributed by atoms with Gasteiger partial charge in [0.2, 0.25) is 0 Å². The summed E-state index contributed by atoms with van der Waals surface area (Å²) in [6, 6.07) is 6.68. The smallest absolute Gasteiger partial charge is 0.0595 e. The maximum absolute atomic E-state index is 6.07. The molecule has 3 rings (SSSR count). The average Bonchev–Trinajstić information content (AvgIpc) is 3.26. The van der Waals surface area contributed by atoms with Gasteiger partial charge in [0, 0.05) is 12.6 Å². The molecule has 1 heterocycles. The van der Waals surface area contributed by atoms with Gasteiger partial charge in [0.15, 0.2) is 0 Å². The number of likely N-dealkylation sites (tertiary alicyclic amines) is 1. The lowest BCUT2D eigenvalue weighted by atomic mass is 10.0. The van der Waals surface area contributed by atoms with Crippen molar-refractivity contribution in [2.75, 3.05) is 19.6 Å². The summed E-state index contributed by atoms with van der Waals surface area (Å²) in [5.41, 5.74) is 1.25. The highest BCUT2D eigenvalue weighted by Gasteiger charge is 2.24. The SMILES string of the molecule is Cl.Clc1ccc(CN2CCC(NCC3CC3)CC2)cc1Cl. The minimum Gasteiger partial charge on any atom is -0.314 e. The summed E-state index contributed by atoms with van der Waals surface area (Å²) >= 11 is 12.0. The van der Waals surface area contributed by atoms with E-state index in [-0.39, 0.29) is 12.4 Å². The van der Waals surface area contributed by atoms with E-state index in [0.29, 0.717) is 10.0 Å². The molecule has 0 bridgehead atoms. The maximum Gasteiger partial charge on any atom is 0.0595 e. The lowest BCUT2D eigenvalue weighted by molar-refractivity contribution is 0.190. The van der Waals surface area contributed by atoms with Crippen LogP contribution >= 0.6 is 35.6 Å². The van der Waals surface area contributed by atoms with Gasteiger partial charge in [-0.3, -0.25) is 4.90 Å². The Morgan fingerprint density at radius 2 is 1.76 bits per heavy atom. The molecule has 1 aromatic carbocycles. The number of piperidine rings is 1. The van der Waals surface area contributed by atoms with Crippen molar-refractivity contribution in [2.45, 2.75) is 38.3 Å². The van der Waals surface area contributed by atoms with E-state index in [4.69, 9.17) is 23.2 Å². The molecule has 0 spiro atoms. The van der Waals surface area contributed by atoms with E-state index >= 15 is 0 Å². The number of nitrogens with one attached hydrogen (secondary N) is 1. The van der Waals surface area contributed by atoms with Crippen molar-refractivity contribution < 1.29 is 0 Å². The minimum atomic E-state index is 0. The molecule has 2 aliphatic rings. The monoisotopic (exact) mass is 348 g/mol. The number of nitrogens with zero attached hydrogens (tertiary/aromatic N) is 1. The number of halogens is 3. The van der Waals surface area contributed by atoms with Crippen molar-refractivity contribution in [1.82, 2.24) is 10.2 Å². The van der Waals surface area contributed by atoms with E-state index in [2.05, 4.69) is 16.3 Å². The van der Waals surface area contributed by atoms with Gasteiger partial charge in [-0.2, -0.15) is 0 Å². The van der Waals surface area contributed by atoms with Crippen LogP contribution in [0.3, 0.4) is 0 Å². The standard InChI is InChI=1S/C16H22Cl2N2.ClH/c17-15-4-3-13(9-16(15)18)11-20-7-5-14(6-8-20)19-10-12-1-2-12;/h3-4,9,12,14,19H,1-2,5-8,10-11H2;1H. The fraction of sp³-hybridized carbons (Fsp3) is 0.625. The van der Waals surface area contributed by atoms with Gasteiger partial charge in [-0.15, -0.1) is 12.4 Å². The predicted molar refractivity (Wildman–Crippen MR) is 92.7 cm³/mol. The first kappa shape index (κ1) is 17.4. The number of hydrogen-bond acceptors (Lipinski definition) is 2. The van der Waals surface area contributed by atoms with Crippen molar-refractivity contribution in [2.24, 2.45) is 5.92 Å². The van der Waals surface area contributed by atoms with Crippen molar-refractivity contribution in [3.63, 3.8) is 0 Å². The Morgan fingerprint density at radius 1 is 1.05 bits per heavy atom. The third-order valence-corrected chi connectivity index (χ3v) is 5.11. The topological polar surface area (TPSA) is 15.3 Å². The zero-order chi connectivity index (χ0) is 13.9. The second kappa shape index (κ2) is 8.03. The van der Waals surface area contributed by atoms with Crippen molar-refractivity contribution in [3.05, 3.63) is 33.8 Å². The Kier molecular flexibility index (Phi) is 6.64. The fourth-order valence-corrected chi connectivity index (χ4v) is 3.17. The molecule has 0 radical (unpaired) electrons. The molecule has 1 aliphatic carbocycles. The predicted octanol–water partition coefficient (Wildman–Crippen LogP) is 4.38. The zero-order valence-corrected chi connectivity index (χ0v) is 14.5. The molecule has 0 amide bonds. The highest BCUT2D eigenvalue weighted by atomic mass is 35.5. The summed E-state index contributed by atoms with van der Waals surface area (Å²) in [7, 11) is 0. The molecule has 1 saturated heterocycles. The second-order valence-electron chi connectivity index (χ2n) is 6.15. The van der Waals surface area contributed by atoms with Crippen LogP contribution in [0, 0.1) is 5.92 Å². The van der Waals surface area contributed by atoms with E-state index in [0.717, 1.165) is 18.5 Å². The number of benzene rings is 1. The molecule has 21 heavy (non-hydrogen) atoms. The van der Waals surface area contributed by atoms with Crippen LogP contribution in [0.5, 0.6) is 0 Å². The van der Waals surface area contributed by atoms with E-state index in [1.54, 1.807) is 0 Å². The summed E-state index contributed by atoms with van der Waals surface area (Å²) in [6.07, 6.45) is 5.38. The van der Waals surface area contributed by atoms with Gasteiger partial charge in [-0.1, -0.05) is 29.3 Å². The van der Waals surface area contributed by atoms with Crippen LogP contribution in [-0.2, 0) is 6.54 Å². The molecule has 1 aromatic rings. The second-order valence-corrected chi connectivity index (χ2v) is 6.96. The van der Waals surface area contributed by atoms with Crippen LogP contribution in [0.1, 0.15) is 31.2 Å². The Bertz CT molecular complexity index is 455. The minimum absolute atomic E-state index is 0. The fourth-order valence-electron chi connectivity index (χ4n) is 2.85. The molecule has 0 unspecified atom stereocenters. The first-order chi connectivity index (χ1) is 9.70. The average molecular weight is 350 g/mol. The van der Waals surface area contributed by atoms with Gasteiger partial charge in [0.25, 0.3) is 0 Å². The highest BCUT2D eigenvalue weighted by Crippen LogP contribution is 2.28. The molecule has 1 aliphatic heterocycles. The summed E-state index contributed by atoms with van der Waals surface area (Å²) in [4.78, 5) is 2.51. The molecule has 0 aromatic heterocycles. The third-order valence-electron chi connectivity index (χ3n) is 4.37. The molecule has 118 valence electrons.